The smallest absolute Gasteiger partial charge is 0.271 e. The number of carbonyl (C=O) groups is 1. The fourth-order valence-electron chi connectivity index (χ4n) is 1.91. The Bertz CT molecular complexity index is 676. The second-order valence-corrected chi connectivity index (χ2v) is 7.50. The average Bonchev–Trinajstić information content (AvgIpc) is 2.80. The van der Waals surface area contributed by atoms with E-state index in [0.717, 1.165) is 17.0 Å². The number of thiazole rings is 1. The van der Waals surface area contributed by atoms with Gasteiger partial charge in [-0.3, -0.25) is 4.79 Å². The van der Waals surface area contributed by atoms with Gasteiger partial charge in [-0.2, -0.15) is 0 Å². The average molecular weight is 338 g/mol. The van der Waals surface area contributed by atoms with E-state index in [4.69, 9.17) is 11.6 Å². The lowest BCUT2D eigenvalue weighted by molar-refractivity contribution is 0.0914. The second kappa shape index (κ2) is 6.67. The molecule has 6 heteroatoms. The molecular weight excluding hydrogens is 318 g/mol. The number of halogens is 1. The van der Waals surface area contributed by atoms with Crippen LogP contribution in [-0.2, 0) is 6.42 Å². The summed E-state index contributed by atoms with van der Waals surface area (Å²) in [6.07, 6.45) is 0.766. The van der Waals surface area contributed by atoms with E-state index >= 15 is 0 Å². The quantitative estimate of drug-likeness (QED) is 0.855. The predicted molar refractivity (Wildman–Crippen MR) is 93.4 cm³/mol. The molecule has 1 amide bonds. The Morgan fingerprint density at radius 3 is 2.68 bits per heavy atom. The second-order valence-electron chi connectivity index (χ2n) is 5.98. The minimum absolute atomic E-state index is 0.139. The van der Waals surface area contributed by atoms with Crippen LogP contribution in [0.2, 0.25) is 5.02 Å². The third kappa shape index (κ3) is 4.45. The van der Waals surface area contributed by atoms with Gasteiger partial charge in [0.15, 0.2) is 5.13 Å². The molecule has 22 heavy (non-hydrogen) atoms. The van der Waals surface area contributed by atoms with Crippen molar-refractivity contribution in [2.45, 2.75) is 39.7 Å². The van der Waals surface area contributed by atoms with E-state index in [1.165, 1.54) is 11.3 Å². The first-order chi connectivity index (χ1) is 10.3. The summed E-state index contributed by atoms with van der Waals surface area (Å²) in [5, 5.41) is 7.50. The number of carbonyl (C=O) groups excluding carboxylic acids is 1. The van der Waals surface area contributed by atoms with E-state index in [0.29, 0.717) is 15.8 Å². The molecule has 0 radical (unpaired) electrons. The van der Waals surface area contributed by atoms with Gasteiger partial charge in [0.05, 0.1) is 0 Å². The van der Waals surface area contributed by atoms with Crippen LogP contribution in [0, 0.1) is 0 Å². The SMILES string of the molecule is CCc1sc(Nc2cccc(Cl)c2)nc1C(=O)NC(C)(C)C. The van der Waals surface area contributed by atoms with Gasteiger partial charge in [0.1, 0.15) is 5.69 Å². The molecule has 0 aliphatic carbocycles. The van der Waals surface area contributed by atoms with Crippen LogP contribution in [0.25, 0.3) is 0 Å². The number of amides is 1. The molecule has 118 valence electrons. The Labute approximate surface area is 139 Å². The van der Waals surface area contributed by atoms with Gasteiger partial charge in [0.25, 0.3) is 5.91 Å². The maximum absolute atomic E-state index is 12.3. The Hall–Kier alpha value is -1.59. The first-order valence-corrected chi connectivity index (χ1v) is 8.33. The third-order valence-corrected chi connectivity index (χ3v) is 4.15. The zero-order valence-electron chi connectivity index (χ0n) is 13.2. The molecule has 0 aliphatic rings. The van der Waals surface area contributed by atoms with Gasteiger partial charge in [-0.25, -0.2) is 4.98 Å². The van der Waals surface area contributed by atoms with Crippen molar-refractivity contribution < 1.29 is 4.79 Å². The number of hydrogen-bond donors (Lipinski definition) is 2. The highest BCUT2D eigenvalue weighted by Gasteiger charge is 2.21. The molecule has 0 fully saturated rings. The van der Waals surface area contributed by atoms with Gasteiger partial charge in [-0.1, -0.05) is 24.6 Å². The molecule has 0 aliphatic heterocycles. The summed E-state index contributed by atoms with van der Waals surface area (Å²) >= 11 is 7.47. The lowest BCUT2D eigenvalue weighted by Gasteiger charge is -2.19. The molecule has 0 saturated heterocycles. The fourth-order valence-corrected chi connectivity index (χ4v) is 3.02. The maximum atomic E-state index is 12.3. The fraction of sp³-hybridized carbons (Fsp3) is 0.375. The van der Waals surface area contributed by atoms with Gasteiger partial charge in [0, 0.05) is 21.1 Å². The van der Waals surface area contributed by atoms with Crippen LogP contribution in [0.1, 0.15) is 43.1 Å². The van der Waals surface area contributed by atoms with Gasteiger partial charge in [0.2, 0.25) is 0 Å². The number of benzene rings is 1. The van der Waals surface area contributed by atoms with Gasteiger partial charge in [-0.15, -0.1) is 11.3 Å². The molecule has 0 saturated carbocycles. The zero-order valence-corrected chi connectivity index (χ0v) is 14.7. The van der Waals surface area contributed by atoms with E-state index in [2.05, 4.69) is 15.6 Å². The largest absolute Gasteiger partial charge is 0.346 e. The summed E-state index contributed by atoms with van der Waals surface area (Å²) in [6, 6.07) is 7.41. The molecule has 0 atom stereocenters. The standard InChI is InChI=1S/C16H20ClN3OS/c1-5-12-13(14(21)20-16(2,3)4)19-15(22-12)18-11-8-6-7-10(17)9-11/h6-9H,5H2,1-4H3,(H,18,19)(H,20,21). The molecule has 2 aromatic rings. The van der Waals surface area contributed by atoms with Gasteiger partial charge >= 0.3 is 0 Å². The lowest BCUT2D eigenvalue weighted by atomic mass is 10.1. The molecule has 4 nitrogen and oxygen atoms in total. The molecular formula is C16H20ClN3OS. The number of hydrogen-bond acceptors (Lipinski definition) is 4. The number of aryl methyl sites for hydroxylation is 1. The first kappa shape index (κ1) is 16.8. The van der Waals surface area contributed by atoms with Crippen LogP contribution in [-0.4, -0.2) is 16.4 Å². The van der Waals surface area contributed by atoms with Crippen molar-refractivity contribution in [3.8, 4) is 0 Å². The van der Waals surface area contributed by atoms with Gasteiger partial charge < -0.3 is 10.6 Å². The minimum Gasteiger partial charge on any atom is -0.346 e. The van der Waals surface area contributed by atoms with E-state index in [-0.39, 0.29) is 11.4 Å². The molecule has 2 N–H and O–H groups in total. The Balaban J connectivity index is 2.23. The summed E-state index contributed by atoms with van der Waals surface area (Å²) in [6.45, 7) is 7.88. The molecule has 2 rings (SSSR count). The summed E-state index contributed by atoms with van der Waals surface area (Å²) in [7, 11) is 0. The molecule has 1 heterocycles. The highest BCUT2D eigenvalue weighted by molar-refractivity contribution is 7.16. The summed E-state index contributed by atoms with van der Waals surface area (Å²) < 4.78 is 0. The summed E-state index contributed by atoms with van der Waals surface area (Å²) in [5.41, 5.74) is 1.06. The van der Waals surface area contributed by atoms with Crippen molar-refractivity contribution in [2.24, 2.45) is 0 Å². The molecule has 0 unspecified atom stereocenters. The molecule has 0 spiro atoms. The minimum atomic E-state index is -0.285. The van der Waals surface area contributed by atoms with E-state index < -0.39 is 0 Å². The first-order valence-electron chi connectivity index (χ1n) is 7.13. The maximum Gasteiger partial charge on any atom is 0.271 e. The van der Waals surface area contributed by atoms with Crippen molar-refractivity contribution in [3.63, 3.8) is 0 Å². The van der Waals surface area contributed by atoms with Crippen LogP contribution in [0.5, 0.6) is 0 Å². The number of nitrogens with zero attached hydrogens (tertiary/aromatic N) is 1. The van der Waals surface area contributed by atoms with Crippen molar-refractivity contribution in [3.05, 3.63) is 39.9 Å². The summed E-state index contributed by atoms with van der Waals surface area (Å²) in [5.74, 6) is -0.139. The van der Waals surface area contributed by atoms with Crippen LogP contribution >= 0.6 is 22.9 Å². The monoisotopic (exact) mass is 337 g/mol. The van der Waals surface area contributed by atoms with Crippen LogP contribution in [0.4, 0.5) is 10.8 Å². The topological polar surface area (TPSA) is 54.0 Å². The molecule has 1 aromatic heterocycles. The van der Waals surface area contributed by atoms with Crippen LogP contribution in [0.15, 0.2) is 24.3 Å². The third-order valence-electron chi connectivity index (χ3n) is 2.80. The van der Waals surface area contributed by atoms with Crippen LogP contribution in [0.3, 0.4) is 0 Å². The highest BCUT2D eigenvalue weighted by Crippen LogP contribution is 2.27. The van der Waals surface area contributed by atoms with Crippen molar-refractivity contribution >= 4 is 39.7 Å². The molecule has 0 bridgehead atoms. The van der Waals surface area contributed by atoms with E-state index in [1.54, 1.807) is 0 Å². The zero-order chi connectivity index (χ0) is 16.3. The Morgan fingerprint density at radius 1 is 1.36 bits per heavy atom. The number of anilines is 2. The normalized spacial score (nSPS) is 11.3. The number of rotatable bonds is 4. The highest BCUT2D eigenvalue weighted by atomic mass is 35.5. The van der Waals surface area contributed by atoms with Crippen LogP contribution < -0.4 is 10.6 Å². The lowest BCUT2D eigenvalue weighted by Crippen LogP contribution is -2.41. The number of aromatic nitrogens is 1. The van der Waals surface area contributed by atoms with Gasteiger partial charge in [-0.05, 0) is 45.4 Å². The van der Waals surface area contributed by atoms with E-state index in [1.807, 2.05) is 52.0 Å². The molecule has 1 aromatic carbocycles. The van der Waals surface area contributed by atoms with Crippen molar-refractivity contribution in [1.29, 1.82) is 0 Å². The Morgan fingerprint density at radius 2 is 2.09 bits per heavy atom. The van der Waals surface area contributed by atoms with E-state index in [9.17, 15) is 4.79 Å². The predicted octanol–water partition coefficient (Wildman–Crippen LogP) is 4.63. The van der Waals surface area contributed by atoms with Crippen molar-refractivity contribution in [1.82, 2.24) is 10.3 Å². The Kier molecular flexibility index (Phi) is 5.08. The summed E-state index contributed by atoms with van der Waals surface area (Å²) in [4.78, 5) is 17.8. The van der Waals surface area contributed by atoms with Crippen molar-refractivity contribution in [2.75, 3.05) is 5.32 Å². The number of nitrogens with one attached hydrogen (secondary N) is 2.